The second-order valence-electron chi connectivity index (χ2n) is 3.87. The Bertz CT molecular complexity index is 446. The number of pyridine rings is 1. The van der Waals surface area contributed by atoms with Crippen LogP contribution >= 0.6 is 15.9 Å². The average molecular weight is 298 g/mol. The Morgan fingerprint density at radius 1 is 1.47 bits per heavy atom. The highest BCUT2D eigenvalue weighted by Gasteiger charge is 2.23. The highest BCUT2D eigenvalue weighted by Crippen LogP contribution is 2.18. The van der Waals surface area contributed by atoms with Crippen LogP contribution in [0.25, 0.3) is 0 Å². The zero-order chi connectivity index (χ0) is 12.3. The van der Waals surface area contributed by atoms with Gasteiger partial charge in [-0.05, 0) is 40.9 Å². The second-order valence-corrected chi connectivity index (χ2v) is 4.62. The van der Waals surface area contributed by atoms with E-state index in [1.165, 1.54) is 0 Å². The van der Waals surface area contributed by atoms with Crippen molar-refractivity contribution in [3.63, 3.8) is 0 Å². The molecule has 0 saturated heterocycles. The van der Waals surface area contributed by atoms with Crippen LogP contribution in [0, 0.1) is 0 Å². The van der Waals surface area contributed by atoms with E-state index < -0.39 is 0 Å². The molecule has 1 heterocycles. The molecule has 0 atom stereocenters. The molecule has 1 aromatic heterocycles. The lowest BCUT2D eigenvalue weighted by atomic mass is 10.3. The minimum atomic E-state index is -0.309. The van der Waals surface area contributed by atoms with Crippen LogP contribution in [-0.2, 0) is 4.79 Å². The molecule has 0 spiro atoms. The standard InChI is InChI=1S/C11H12BrN3O2/c12-10-8(2-1-5-13-10)11(17)14-6-9(16)15-7-3-4-7/h1-2,5,7H,3-4,6H2,(H,14,17)(H,15,16). The summed E-state index contributed by atoms with van der Waals surface area (Å²) in [4.78, 5) is 27.0. The van der Waals surface area contributed by atoms with Crippen LogP contribution in [0.15, 0.2) is 22.9 Å². The molecule has 0 radical (unpaired) electrons. The van der Waals surface area contributed by atoms with Gasteiger partial charge in [0.2, 0.25) is 5.91 Å². The van der Waals surface area contributed by atoms with Crippen LogP contribution in [-0.4, -0.2) is 29.4 Å². The fourth-order valence-electron chi connectivity index (χ4n) is 1.32. The molecule has 1 aromatic rings. The van der Waals surface area contributed by atoms with Crippen molar-refractivity contribution in [1.82, 2.24) is 15.6 Å². The Balaban J connectivity index is 1.84. The third kappa shape index (κ3) is 3.52. The molecular formula is C11H12BrN3O2. The molecule has 1 fully saturated rings. The molecular weight excluding hydrogens is 286 g/mol. The highest BCUT2D eigenvalue weighted by atomic mass is 79.9. The number of aromatic nitrogens is 1. The Morgan fingerprint density at radius 3 is 2.88 bits per heavy atom. The van der Waals surface area contributed by atoms with E-state index in [1.807, 2.05) is 0 Å². The zero-order valence-corrected chi connectivity index (χ0v) is 10.7. The number of hydrogen-bond donors (Lipinski definition) is 2. The minimum absolute atomic E-state index is 0.00331. The van der Waals surface area contributed by atoms with E-state index in [0.29, 0.717) is 16.2 Å². The van der Waals surface area contributed by atoms with Crippen molar-refractivity contribution in [1.29, 1.82) is 0 Å². The summed E-state index contributed by atoms with van der Waals surface area (Å²) in [5, 5.41) is 5.35. The summed E-state index contributed by atoms with van der Waals surface area (Å²) >= 11 is 3.18. The van der Waals surface area contributed by atoms with Gasteiger partial charge in [0.05, 0.1) is 12.1 Å². The number of halogens is 1. The van der Waals surface area contributed by atoms with E-state index in [4.69, 9.17) is 0 Å². The summed E-state index contributed by atoms with van der Waals surface area (Å²) in [5.74, 6) is -0.461. The fourth-order valence-corrected chi connectivity index (χ4v) is 1.75. The summed E-state index contributed by atoms with van der Waals surface area (Å²) in [6.07, 6.45) is 3.66. The molecule has 1 saturated carbocycles. The number of nitrogens with one attached hydrogen (secondary N) is 2. The molecule has 2 rings (SSSR count). The Hall–Kier alpha value is -1.43. The predicted octanol–water partition coefficient (Wildman–Crippen LogP) is 0.853. The van der Waals surface area contributed by atoms with Crippen molar-refractivity contribution < 1.29 is 9.59 Å². The van der Waals surface area contributed by atoms with Crippen molar-refractivity contribution >= 4 is 27.7 Å². The first-order valence-electron chi connectivity index (χ1n) is 5.35. The maximum absolute atomic E-state index is 11.7. The van der Waals surface area contributed by atoms with Crippen LogP contribution in [0.1, 0.15) is 23.2 Å². The van der Waals surface area contributed by atoms with E-state index in [0.717, 1.165) is 12.8 Å². The fraction of sp³-hybridized carbons (Fsp3) is 0.364. The Labute approximate surface area is 107 Å². The first kappa shape index (κ1) is 12.0. The van der Waals surface area contributed by atoms with Gasteiger partial charge in [-0.1, -0.05) is 0 Å². The van der Waals surface area contributed by atoms with Crippen molar-refractivity contribution in [3.05, 3.63) is 28.5 Å². The first-order valence-corrected chi connectivity index (χ1v) is 6.14. The third-order valence-corrected chi connectivity index (χ3v) is 2.99. The van der Waals surface area contributed by atoms with E-state index in [9.17, 15) is 9.59 Å². The molecule has 2 amide bonds. The molecule has 17 heavy (non-hydrogen) atoms. The van der Waals surface area contributed by atoms with Crippen LogP contribution in [0.4, 0.5) is 0 Å². The minimum Gasteiger partial charge on any atom is -0.352 e. The topological polar surface area (TPSA) is 71.1 Å². The lowest BCUT2D eigenvalue weighted by molar-refractivity contribution is -0.120. The number of rotatable bonds is 4. The van der Waals surface area contributed by atoms with Gasteiger partial charge in [0.1, 0.15) is 4.60 Å². The van der Waals surface area contributed by atoms with Gasteiger partial charge in [-0.2, -0.15) is 0 Å². The smallest absolute Gasteiger partial charge is 0.254 e. The van der Waals surface area contributed by atoms with Crippen molar-refractivity contribution in [2.75, 3.05) is 6.54 Å². The van der Waals surface area contributed by atoms with Crippen LogP contribution in [0.2, 0.25) is 0 Å². The molecule has 90 valence electrons. The molecule has 2 N–H and O–H groups in total. The molecule has 0 unspecified atom stereocenters. The third-order valence-electron chi connectivity index (χ3n) is 2.36. The summed E-state index contributed by atoms with van der Waals surface area (Å²) in [5.41, 5.74) is 0.423. The van der Waals surface area contributed by atoms with Gasteiger partial charge in [-0.3, -0.25) is 9.59 Å². The van der Waals surface area contributed by atoms with Gasteiger partial charge >= 0.3 is 0 Å². The van der Waals surface area contributed by atoms with E-state index in [-0.39, 0.29) is 18.4 Å². The summed E-state index contributed by atoms with van der Waals surface area (Å²) in [6, 6.07) is 3.62. The lowest BCUT2D eigenvalue weighted by Gasteiger charge is -2.06. The van der Waals surface area contributed by atoms with E-state index in [1.54, 1.807) is 18.3 Å². The SMILES string of the molecule is O=C(CNC(=O)c1cccnc1Br)NC1CC1. The lowest BCUT2D eigenvalue weighted by Crippen LogP contribution is -2.37. The maximum atomic E-state index is 11.7. The van der Waals surface area contributed by atoms with Crippen molar-refractivity contribution in [3.8, 4) is 0 Å². The van der Waals surface area contributed by atoms with Gasteiger partial charge in [0.15, 0.2) is 0 Å². The summed E-state index contributed by atoms with van der Waals surface area (Å²) in [6.45, 7) is -0.00331. The number of hydrogen-bond acceptors (Lipinski definition) is 3. The Morgan fingerprint density at radius 2 is 2.24 bits per heavy atom. The summed E-state index contributed by atoms with van der Waals surface area (Å²) < 4.78 is 0.472. The number of carbonyl (C=O) groups is 2. The largest absolute Gasteiger partial charge is 0.352 e. The van der Waals surface area contributed by atoms with Gasteiger partial charge < -0.3 is 10.6 Å². The van der Waals surface area contributed by atoms with Crippen LogP contribution in [0.3, 0.4) is 0 Å². The van der Waals surface area contributed by atoms with Crippen LogP contribution in [0.5, 0.6) is 0 Å². The second kappa shape index (κ2) is 5.27. The average Bonchev–Trinajstić information content (AvgIpc) is 3.10. The molecule has 1 aliphatic carbocycles. The van der Waals surface area contributed by atoms with Crippen molar-refractivity contribution in [2.24, 2.45) is 0 Å². The number of amides is 2. The molecule has 6 heteroatoms. The van der Waals surface area contributed by atoms with E-state index in [2.05, 4.69) is 31.5 Å². The van der Waals surface area contributed by atoms with Gasteiger partial charge in [-0.25, -0.2) is 4.98 Å². The first-order chi connectivity index (χ1) is 8.16. The predicted molar refractivity (Wildman–Crippen MR) is 65.4 cm³/mol. The normalized spacial score (nSPS) is 14.2. The number of nitrogens with zero attached hydrogens (tertiary/aromatic N) is 1. The number of carbonyl (C=O) groups excluding carboxylic acids is 2. The Kier molecular flexibility index (Phi) is 3.73. The van der Waals surface area contributed by atoms with Crippen molar-refractivity contribution in [2.45, 2.75) is 18.9 Å². The van der Waals surface area contributed by atoms with E-state index >= 15 is 0 Å². The summed E-state index contributed by atoms with van der Waals surface area (Å²) in [7, 11) is 0. The highest BCUT2D eigenvalue weighted by molar-refractivity contribution is 9.10. The van der Waals surface area contributed by atoms with Gasteiger partial charge in [0, 0.05) is 12.2 Å². The van der Waals surface area contributed by atoms with Gasteiger partial charge in [0.25, 0.3) is 5.91 Å². The molecule has 0 aliphatic heterocycles. The van der Waals surface area contributed by atoms with Gasteiger partial charge in [-0.15, -0.1) is 0 Å². The molecule has 0 aromatic carbocycles. The molecule has 5 nitrogen and oxygen atoms in total. The maximum Gasteiger partial charge on any atom is 0.254 e. The molecule has 0 bridgehead atoms. The quantitative estimate of drug-likeness (QED) is 0.810. The monoisotopic (exact) mass is 297 g/mol. The molecule has 1 aliphatic rings. The van der Waals surface area contributed by atoms with Crippen LogP contribution < -0.4 is 10.6 Å². The zero-order valence-electron chi connectivity index (χ0n) is 9.07.